The van der Waals surface area contributed by atoms with Gasteiger partial charge in [0.1, 0.15) is 30.8 Å². The van der Waals surface area contributed by atoms with E-state index in [2.05, 4.69) is 20.3 Å². The molecule has 0 spiro atoms. The molecule has 1 aromatic heterocycles. The molecule has 2 heterocycles. The Labute approximate surface area is 279 Å². The minimum Gasteiger partial charge on any atom is -0.497 e. The minimum atomic E-state index is -4.21. The van der Waals surface area contributed by atoms with Gasteiger partial charge in [-0.2, -0.15) is 4.72 Å². The lowest BCUT2D eigenvalue weighted by Crippen LogP contribution is -2.49. The molecular formula is C33H41N5O9S. The van der Waals surface area contributed by atoms with Crippen molar-refractivity contribution in [2.45, 2.75) is 56.9 Å². The summed E-state index contributed by atoms with van der Waals surface area (Å²) in [4.78, 5) is 43.5. The number of carboxylic acid groups (broad SMARTS) is 1. The maximum Gasteiger partial charge on any atom is 0.410 e. The number of nitrogens with one attached hydrogen (secondary N) is 3. The zero-order valence-corrected chi connectivity index (χ0v) is 28.1. The van der Waals surface area contributed by atoms with E-state index in [-0.39, 0.29) is 24.1 Å². The van der Waals surface area contributed by atoms with E-state index in [1.54, 1.807) is 51.4 Å². The van der Waals surface area contributed by atoms with Gasteiger partial charge in [-0.3, -0.25) is 9.59 Å². The predicted molar refractivity (Wildman–Crippen MR) is 176 cm³/mol. The van der Waals surface area contributed by atoms with Gasteiger partial charge in [-0.15, -0.1) is 0 Å². The van der Waals surface area contributed by atoms with E-state index >= 15 is 0 Å². The Morgan fingerprint density at radius 2 is 1.77 bits per heavy atom. The number of anilines is 1. The molecule has 0 radical (unpaired) electrons. The van der Waals surface area contributed by atoms with Crippen molar-refractivity contribution in [3.05, 3.63) is 83.0 Å². The quantitative estimate of drug-likeness (QED) is 0.185. The number of aliphatic carboxylic acids is 1. The lowest BCUT2D eigenvalue weighted by Gasteiger charge is -2.24. The standard InChI is InChI=1S/C33H41N5O9S/c1-21-12-22(2)31(23(3)13-21)48(43,44)37-28(32(40)41)17-36-30(39)20-46-27-14-25(16-35-29-15-26(45-4)10-11-34-29)38(18-27)33(42)47-19-24-8-6-5-7-9-24/h5-13,15,25,27-28,37H,14,16-20H2,1-4H3,(H,34,35)(H,36,39)(H,40,41)/t25-,27+,28-/m0/s1. The van der Waals surface area contributed by atoms with Crippen LogP contribution in [0.15, 0.2) is 65.7 Å². The normalized spacial score (nSPS) is 16.6. The Kier molecular flexibility index (Phi) is 12.3. The summed E-state index contributed by atoms with van der Waals surface area (Å²) in [5, 5.41) is 15.3. The molecule has 48 heavy (non-hydrogen) atoms. The highest BCUT2D eigenvalue weighted by Crippen LogP contribution is 2.24. The van der Waals surface area contributed by atoms with Crippen LogP contribution in [-0.2, 0) is 35.7 Å². The minimum absolute atomic E-state index is 0.00619. The van der Waals surface area contributed by atoms with Crippen LogP contribution in [0.1, 0.15) is 28.7 Å². The lowest BCUT2D eigenvalue weighted by atomic mass is 10.1. The smallest absolute Gasteiger partial charge is 0.410 e. The second kappa shape index (κ2) is 16.4. The molecule has 1 fully saturated rings. The lowest BCUT2D eigenvalue weighted by molar-refractivity contribution is -0.139. The molecule has 258 valence electrons. The zero-order valence-electron chi connectivity index (χ0n) is 27.3. The van der Waals surface area contributed by atoms with E-state index < -0.39 is 53.3 Å². The van der Waals surface area contributed by atoms with E-state index in [0.717, 1.165) is 11.1 Å². The molecule has 3 atom stereocenters. The van der Waals surface area contributed by atoms with E-state index in [0.29, 0.717) is 35.7 Å². The molecule has 0 unspecified atom stereocenters. The van der Waals surface area contributed by atoms with Crippen molar-refractivity contribution in [1.82, 2.24) is 19.9 Å². The first kappa shape index (κ1) is 36.1. The molecule has 1 saturated heterocycles. The third-order valence-electron chi connectivity index (χ3n) is 7.72. The number of hydrogen-bond donors (Lipinski definition) is 4. The number of methoxy groups -OCH3 is 1. The fourth-order valence-electron chi connectivity index (χ4n) is 5.55. The van der Waals surface area contributed by atoms with Gasteiger partial charge in [-0.25, -0.2) is 18.2 Å². The SMILES string of the molecule is COc1ccnc(NC[C@@H]2C[C@@H](OCC(=O)NC[C@H](NS(=O)(=O)c3c(C)cc(C)cc3C)C(=O)O)CN2C(=O)OCc2ccccc2)c1. The monoisotopic (exact) mass is 683 g/mol. The largest absolute Gasteiger partial charge is 0.497 e. The molecule has 2 amide bonds. The van der Waals surface area contributed by atoms with Crippen molar-refractivity contribution in [3.8, 4) is 5.75 Å². The summed E-state index contributed by atoms with van der Waals surface area (Å²) in [5.41, 5.74) is 2.65. The zero-order chi connectivity index (χ0) is 34.8. The molecule has 4 N–H and O–H groups in total. The molecule has 0 saturated carbocycles. The van der Waals surface area contributed by atoms with E-state index in [9.17, 15) is 27.9 Å². The van der Waals surface area contributed by atoms with Gasteiger partial charge in [0.15, 0.2) is 0 Å². The van der Waals surface area contributed by atoms with Crippen LogP contribution in [0.4, 0.5) is 10.6 Å². The van der Waals surface area contributed by atoms with Gasteiger partial charge >= 0.3 is 12.1 Å². The van der Waals surface area contributed by atoms with Crippen LogP contribution in [-0.4, -0.2) is 92.9 Å². The summed E-state index contributed by atoms with van der Waals surface area (Å²) in [6.07, 6.45) is 0.885. The highest BCUT2D eigenvalue weighted by molar-refractivity contribution is 7.89. The molecule has 1 aliphatic heterocycles. The third-order valence-corrected chi connectivity index (χ3v) is 9.50. The number of sulfonamides is 1. The van der Waals surface area contributed by atoms with Crippen LogP contribution in [0, 0.1) is 20.8 Å². The maximum absolute atomic E-state index is 13.1. The number of ether oxygens (including phenoxy) is 3. The van der Waals surface area contributed by atoms with Crippen LogP contribution >= 0.6 is 0 Å². The summed E-state index contributed by atoms with van der Waals surface area (Å²) in [6, 6.07) is 14.1. The van der Waals surface area contributed by atoms with Crippen molar-refractivity contribution in [2.24, 2.45) is 0 Å². The Bertz CT molecular complexity index is 1680. The number of nitrogens with zero attached hydrogens (tertiary/aromatic N) is 2. The van der Waals surface area contributed by atoms with Gasteiger partial charge in [-0.05, 0) is 49.9 Å². The summed E-state index contributed by atoms with van der Waals surface area (Å²) in [5.74, 6) is -0.942. The second-order valence-corrected chi connectivity index (χ2v) is 13.2. The Hall–Kier alpha value is -4.73. The first-order chi connectivity index (χ1) is 22.9. The highest BCUT2D eigenvalue weighted by Gasteiger charge is 2.37. The number of aromatic nitrogens is 1. The maximum atomic E-state index is 13.1. The molecule has 2 aromatic carbocycles. The predicted octanol–water partition coefficient (Wildman–Crippen LogP) is 2.77. The van der Waals surface area contributed by atoms with E-state index in [1.165, 1.54) is 4.90 Å². The van der Waals surface area contributed by atoms with Crippen LogP contribution in [0.3, 0.4) is 0 Å². The molecule has 3 aromatic rings. The average molecular weight is 684 g/mol. The topological polar surface area (TPSA) is 185 Å². The number of aryl methyl sites for hydroxylation is 3. The first-order valence-electron chi connectivity index (χ1n) is 15.3. The van der Waals surface area contributed by atoms with Gasteiger partial charge in [0.25, 0.3) is 0 Å². The van der Waals surface area contributed by atoms with Crippen molar-refractivity contribution in [1.29, 1.82) is 0 Å². The number of pyridine rings is 1. The van der Waals surface area contributed by atoms with Crippen molar-refractivity contribution < 1.29 is 42.1 Å². The summed E-state index contributed by atoms with van der Waals surface area (Å²) in [6.45, 7) is 4.69. The number of amides is 2. The number of rotatable bonds is 15. The number of likely N-dealkylation sites (tertiary alicyclic amines) is 1. The Morgan fingerprint density at radius 3 is 2.44 bits per heavy atom. The molecule has 4 rings (SSSR count). The van der Waals surface area contributed by atoms with Gasteiger partial charge in [0.05, 0.1) is 30.7 Å². The number of carbonyl (C=O) groups excluding carboxylic acids is 2. The van der Waals surface area contributed by atoms with Gasteiger partial charge in [0, 0.05) is 25.4 Å². The molecular weight excluding hydrogens is 642 g/mol. The van der Waals surface area contributed by atoms with E-state index in [1.807, 2.05) is 37.3 Å². The van der Waals surface area contributed by atoms with Crippen LogP contribution < -0.4 is 20.1 Å². The molecule has 0 bridgehead atoms. The molecule has 14 nitrogen and oxygen atoms in total. The van der Waals surface area contributed by atoms with Crippen LogP contribution in [0.2, 0.25) is 0 Å². The van der Waals surface area contributed by atoms with Crippen LogP contribution in [0.5, 0.6) is 5.75 Å². The van der Waals surface area contributed by atoms with Crippen molar-refractivity contribution in [3.63, 3.8) is 0 Å². The van der Waals surface area contributed by atoms with Gasteiger partial charge in [-0.1, -0.05) is 48.0 Å². The molecule has 1 aliphatic rings. The summed E-state index contributed by atoms with van der Waals surface area (Å²) >= 11 is 0. The third kappa shape index (κ3) is 9.89. The summed E-state index contributed by atoms with van der Waals surface area (Å²) in [7, 11) is -2.66. The summed E-state index contributed by atoms with van der Waals surface area (Å²) < 4.78 is 45.0. The van der Waals surface area contributed by atoms with Crippen molar-refractivity contribution in [2.75, 3.05) is 38.7 Å². The second-order valence-electron chi connectivity index (χ2n) is 11.5. The Morgan fingerprint density at radius 1 is 1.06 bits per heavy atom. The van der Waals surface area contributed by atoms with Gasteiger partial charge < -0.3 is 34.9 Å². The number of hydrogen-bond acceptors (Lipinski definition) is 10. The number of benzene rings is 2. The van der Waals surface area contributed by atoms with Crippen molar-refractivity contribution >= 4 is 33.8 Å². The fourth-order valence-corrected chi connectivity index (χ4v) is 7.19. The first-order valence-corrected chi connectivity index (χ1v) is 16.8. The van der Waals surface area contributed by atoms with E-state index in [4.69, 9.17) is 14.2 Å². The Balaban J connectivity index is 1.34. The molecule has 0 aliphatic carbocycles. The molecule has 15 heteroatoms. The highest BCUT2D eigenvalue weighted by atomic mass is 32.2. The number of carboxylic acids is 1. The number of carbonyl (C=O) groups is 3. The van der Waals surface area contributed by atoms with Crippen LogP contribution in [0.25, 0.3) is 0 Å². The van der Waals surface area contributed by atoms with Gasteiger partial charge in [0.2, 0.25) is 15.9 Å². The average Bonchev–Trinajstić information content (AvgIpc) is 3.46. The fraction of sp³-hybridized carbons (Fsp3) is 0.394.